The molecule has 0 saturated carbocycles. The Bertz CT molecular complexity index is 625. The Balaban J connectivity index is 2.20. The smallest absolute Gasteiger partial charge is 0.232 e. The van der Waals surface area contributed by atoms with E-state index in [0.717, 1.165) is 0 Å². The van der Waals surface area contributed by atoms with Crippen molar-refractivity contribution in [1.29, 1.82) is 0 Å². The number of rotatable bonds is 3. The number of amides is 1. The summed E-state index contributed by atoms with van der Waals surface area (Å²) in [6, 6.07) is 0. The summed E-state index contributed by atoms with van der Waals surface area (Å²) in [6.07, 6.45) is 1.61. The Kier molecular flexibility index (Phi) is 4.49. The molecule has 2 heterocycles. The van der Waals surface area contributed by atoms with Crippen molar-refractivity contribution in [2.24, 2.45) is 5.92 Å². The van der Waals surface area contributed by atoms with Crippen molar-refractivity contribution in [3.05, 3.63) is 15.4 Å². The lowest BCUT2D eigenvalue weighted by atomic mass is 10.1. The van der Waals surface area contributed by atoms with E-state index in [4.69, 9.17) is 10.7 Å². The molecule has 2 rings (SSSR count). The van der Waals surface area contributed by atoms with Gasteiger partial charge in [0.1, 0.15) is 9.21 Å². The van der Waals surface area contributed by atoms with Crippen LogP contribution < -0.4 is 4.90 Å². The molecular formula is C9H8Br2ClN3O3S. The van der Waals surface area contributed by atoms with Crippen molar-refractivity contribution in [2.75, 3.05) is 17.2 Å². The molecule has 1 amide bonds. The lowest BCUT2D eigenvalue weighted by molar-refractivity contribution is -0.117. The predicted molar refractivity (Wildman–Crippen MR) is 77.5 cm³/mol. The molecule has 1 atom stereocenters. The van der Waals surface area contributed by atoms with Gasteiger partial charge < -0.3 is 0 Å². The van der Waals surface area contributed by atoms with Crippen LogP contribution in [0.2, 0.25) is 0 Å². The minimum absolute atomic E-state index is 0.135. The Morgan fingerprint density at radius 2 is 2.16 bits per heavy atom. The molecule has 1 fully saturated rings. The normalized spacial score (nSPS) is 20.1. The van der Waals surface area contributed by atoms with Crippen LogP contribution in [-0.2, 0) is 13.8 Å². The number of carbonyl (C=O) groups is 1. The van der Waals surface area contributed by atoms with Crippen molar-refractivity contribution in [1.82, 2.24) is 9.97 Å². The molecule has 1 aliphatic heterocycles. The van der Waals surface area contributed by atoms with E-state index in [1.165, 1.54) is 11.1 Å². The van der Waals surface area contributed by atoms with Gasteiger partial charge in [-0.3, -0.25) is 9.69 Å². The lowest BCUT2D eigenvalue weighted by Crippen LogP contribution is -2.27. The summed E-state index contributed by atoms with van der Waals surface area (Å²) in [7, 11) is 1.59. The summed E-state index contributed by atoms with van der Waals surface area (Å²) < 4.78 is 23.0. The number of aromatic nitrogens is 2. The third-order valence-corrected chi connectivity index (χ3v) is 4.74. The molecule has 0 radical (unpaired) electrons. The molecule has 0 aliphatic carbocycles. The molecule has 0 aromatic carbocycles. The molecule has 0 N–H and O–H groups in total. The van der Waals surface area contributed by atoms with Crippen LogP contribution in [0.25, 0.3) is 0 Å². The average molecular weight is 434 g/mol. The van der Waals surface area contributed by atoms with Crippen LogP contribution in [0.15, 0.2) is 15.4 Å². The third kappa shape index (κ3) is 3.87. The second kappa shape index (κ2) is 5.63. The summed E-state index contributed by atoms with van der Waals surface area (Å²) in [5.41, 5.74) is 0. The van der Waals surface area contributed by atoms with E-state index in [2.05, 4.69) is 41.8 Å². The summed E-state index contributed by atoms with van der Waals surface area (Å²) in [6.45, 7) is 0.264. The van der Waals surface area contributed by atoms with Crippen molar-refractivity contribution in [3.8, 4) is 0 Å². The zero-order chi connectivity index (χ0) is 14.2. The molecule has 6 nitrogen and oxygen atoms in total. The van der Waals surface area contributed by atoms with E-state index in [9.17, 15) is 13.2 Å². The third-order valence-electron chi connectivity index (χ3n) is 2.58. The van der Waals surface area contributed by atoms with E-state index in [-0.39, 0.29) is 30.5 Å². The van der Waals surface area contributed by atoms with E-state index >= 15 is 0 Å². The zero-order valence-electron chi connectivity index (χ0n) is 9.38. The monoisotopic (exact) mass is 431 g/mol. The fraction of sp³-hybridized carbons (Fsp3) is 0.444. The molecule has 1 aliphatic rings. The fourth-order valence-corrected chi connectivity index (χ4v) is 4.25. The molecule has 1 unspecified atom stereocenters. The van der Waals surface area contributed by atoms with Gasteiger partial charge in [0.15, 0.2) is 5.82 Å². The van der Waals surface area contributed by atoms with Gasteiger partial charge in [0.2, 0.25) is 15.0 Å². The number of anilines is 1. The number of hydrogen-bond donors (Lipinski definition) is 0. The van der Waals surface area contributed by atoms with Crippen molar-refractivity contribution in [3.63, 3.8) is 0 Å². The van der Waals surface area contributed by atoms with E-state index < -0.39 is 9.05 Å². The number of carbonyl (C=O) groups excluding carboxylic acids is 1. The van der Waals surface area contributed by atoms with E-state index in [0.29, 0.717) is 15.0 Å². The Hall–Kier alpha value is -0.250. The van der Waals surface area contributed by atoms with Gasteiger partial charge in [0.25, 0.3) is 0 Å². The van der Waals surface area contributed by atoms with Crippen molar-refractivity contribution >= 4 is 63.3 Å². The maximum Gasteiger partial charge on any atom is 0.232 e. The first-order valence-electron chi connectivity index (χ1n) is 5.17. The molecule has 10 heteroatoms. The van der Waals surface area contributed by atoms with Gasteiger partial charge in [-0.15, -0.1) is 0 Å². The first-order valence-corrected chi connectivity index (χ1v) is 9.23. The predicted octanol–water partition coefficient (Wildman–Crippen LogP) is 1.92. The van der Waals surface area contributed by atoms with Gasteiger partial charge in [-0.25, -0.2) is 18.4 Å². The van der Waals surface area contributed by atoms with Crippen LogP contribution in [-0.4, -0.2) is 36.6 Å². The SMILES string of the molecule is O=C1CC(CS(=O)(=O)Cl)CN1c1ncc(Br)nc1Br. The molecule has 19 heavy (non-hydrogen) atoms. The molecule has 1 saturated heterocycles. The van der Waals surface area contributed by atoms with Gasteiger partial charge in [0, 0.05) is 29.6 Å². The highest BCUT2D eigenvalue weighted by molar-refractivity contribution is 9.11. The maximum atomic E-state index is 11.9. The number of halogens is 3. The van der Waals surface area contributed by atoms with Gasteiger partial charge >= 0.3 is 0 Å². The topological polar surface area (TPSA) is 80.2 Å². The molecule has 1 aromatic heterocycles. The molecule has 0 bridgehead atoms. The number of hydrogen-bond acceptors (Lipinski definition) is 5. The average Bonchev–Trinajstić information content (AvgIpc) is 2.56. The van der Waals surface area contributed by atoms with Crippen LogP contribution >= 0.6 is 42.5 Å². The van der Waals surface area contributed by atoms with Crippen molar-refractivity contribution < 1.29 is 13.2 Å². The zero-order valence-corrected chi connectivity index (χ0v) is 14.1. The quantitative estimate of drug-likeness (QED) is 0.681. The Labute approximate surface area is 131 Å². The summed E-state index contributed by atoms with van der Waals surface area (Å²) in [5, 5.41) is 0. The minimum Gasteiger partial charge on any atom is -0.294 e. The number of nitrogens with zero attached hydrogens (tertiary/aromatic N) is 3. The standard InChI is InChI=1S/C9H8Br2ClN3O3S/c10-6-2-13-9(8(11)14-6)15-3-5(1-7(15)16)4-19(12,17)18/h2,5H,1,3-4H2. The van der Waals surface area contributed by atoms with Crippen LogP contribution in [0.1, 0.15) is 6.42 Å². The highest BCUT2D eigenvalue weighted by Gasteiger charge is 2.34. The second-order valence-electron chi connectivity index (χ2n) is 4.09. The lowest BCUT2D eigenvalue weighted by Gasteiger charge is -2.16. The molecule has 1 aromatic rings. The van der Waals surface area contributed by atoms with Gasteiger partial charge in [0.05, 0.1) is 11.9 Å². The van der Waals surface area contributed by atoms with Crippen molar-refractivity contribution in [2.45, 2.75) is 6.42 Å². The van der Waals surface area contributed by atoms with E-state index in [1.54, 1.807) is 0 Å². The van der Waals surface area contributed by atoms with Crippen LogP contribution in [0.4, 0.5) is 5.82 Å². The highest BCUT2D eigenvalue weighted by atomic mass is 79.9. The molecule has 0 spiro atoms. The first-order chi connectivity index (χ1) is 8.76. The summed E-state index contributed by atoms with van der Waals surface area (Å²) >= 11 is 6.39. The molecule has 104 valence electrons. The van der Waals surface area contributed by atoms with Gasteiger partial charge in [-0.2, -0.15) is 0 Å². The highest BCUT2D eigenvalue weighted by Crippen LogP contribution is 2.30. The van der Waals surface area contributed by atoms with Gasteiger partial charge in [-0.05, 0) is 31.9 Å². The van der Waals surface area contributed by atoms with E-state index in [1.807, 2.05) is 0 Å². The van der Waals surface area contributed by atoms with Crippen LogP contribution in [0.5, 0.6) is 0 Å². The van der Waals surface area contributed by atoms with Gasteiger partial charge in [-0.1, -0.05) is 0 Å². The van der Waals surface area contributed by atoms with Crippen LogP contribution in [0, 0.1) is 5.92 Å². The summed E-state index contributed by atoms with van der Waals surface area (Å²) in [4.78, 5) is 21.5. The first kappa shape index (κ1) is 15.1. The molecular weight excluding hydrogens is 425 g/mol. The fourth-order valence-electron chi connectivity index (χ4n) is 1.90. The largest absolute Gasteiger partial charge is 0.294 e. The Morgan fingerprint density at radius 1 is 1.47 bits per heavy atom. The second-order valence-corrected chi connectivity index (χ2v) is 8.47. The van der Waals surface area contributed by atoms with Crippen LogP contribution in [0.3, 0.4) is 0 Å². The maximum absolute atomic E-state index is 11.9. The Morgan fingerprint density at radius 3 is 2.74 bits per heavy atom. The summed E-state index contributed by atoms with van der Waals surface area (Å²) in [5.74, 6) is -0.365. The minimum atomic E-state index is -3.62.